The number of carbonyl (C=O) groups excluding carboxylic acids is 2. The molecule has 10 heteroatoms. The lowest BCUT2D eigenvalue weighted by atomic mass is 9.99. The van der Waals surface area contributed by atoms with E-state index in [0.29, 0.717) is 24.5 Å². The Bertz CT molecular complexity index is 1010. The molecule has 1 aliphatic heterocycles. The molecule has 0 bridgehead atoms. The van der Waals surface area contributed by atoms with Gasteiger partial charge in [0, 0.05) is 31.7 Å². The highest BCUT2D eigenvalue weighted by molar-refractivity contribution is 7.12. The number of thiophene rings is 1. The molecule has 184 valence electrons. The first kappa shape index (κ1) is 25.5. The zero-order chi connectivity index (χ0) is 24.7. The monoisotopic (exact) mass is 488 g/mol. The van der Waals surface area contributed by atoms with Gasteiger partial charge >= 0.3 is 6.03 Å². The van der Waals surface area contributed by atoms with Crippen molar-refractivity contribution in [2.45, 2.75) is 32.4 Å². The maximum absolute atomic E-state index is 13.5. The third kappa shape index (κ3) is 6.06. The van der Waals surface area contributed by atoms with Crippen molar-refractivity contribution in [3.05, 3.63) is 46.2 Å². The van der Waals surface area contributed by atoms with Crippen molar-refractivity contribution in [1.29, 1.82) is 0 Å². The van der Waals surface area contributed by atoms with Gasteiger partial charge in [0.1, 0.15) is 18.0 Å². The van der Waals surface area contributed by atoms with Gasteiger partial charge in [0.2, 0.25) is 0 Å². The van der Waals surface area contributed by atoms with Crippen LogP contribution in [0.1, 0.15) is 36.8 Å². The van der Waals surface area contributed by atoms with Gasteiger partial charge in [-0.3, -0.25) is 4.79 Å². The maximum atomic E-state index is 13.5. The Morgan fingerprint density at radius 3 is 2.65 bits per heavy atom. The summed E-state index contributed by atoms with van der Waals surface area (Å²) < 4.78 is 16.2. The summed E-state index contributed by atoms with van der Waals surface area (Å²) in [6, 6.07) is 8.66. The third-order valence-corrected chi connectivity index (χ3v) is 6.28. The molecule has 2 aromatic rings. The number of nitrogens with zero attached hydrogens (tertiary/aromatic N) is 3. The number of hydrogen-bond donors (Lipinski definition) is 1. The number of hydrazone groups is 1. The molecule has 1 N–H and O–H groups in total. The van der Waals surface area contributed by atoms with Crippen LogP contribution in [-0.2, 0) is 9.53 Å². The second-order valence-corrected chi connectivity index (χ2v) is 9.06. The number of benzene rings is 1. The van der Waals surface area contributed by atoms with Crippen molar-refractivity contribution in [2.75, 3.05) is 41.0 Å². The minimum Gasteiger partial charge on any atom is -0.497 e. The first-order chi connectivity index (χ1) is 16.4. The highest BCUT2D eigenvalue weighted by Gasteiger charge is 2.36. The normalized spacial score (nSPS) is 15.3. The summed E-state index contributed by atoms with van der Waals surface area (Å²) in [7, 11) is 4.75. The molecule has 0 saturated heterocycles. The van der Waals surface area contributed by atoms with Crippen molar-refractivity contribution >= 4 is 29.0 Å². The number of hydrogen-bond acceptors (Lipinski definition) is 7. The lowest BCUT2D eigenvalue weighted by molar-refractivity contribution is -0.133. The average Bonchev–Trinajstić information content (AvgIpc) is 3.50. The van der Waals surface area contributed by atoms with Crippen LogP contribution in [0.25, 0.3) is 0 Å². The smallest absolute Gasteiger partial charge is 0.318 e. The van der Waals surface area contributed by atoms with Crippen molar-refractivity contribution < 1.29 is 23.8 Å². The van der Waals surface area contributed by atoms with E-state index in [2.05, 4.69) is 5.32 Å². The fourth-order valence-electron chi connectivity index (χ4n) is 3.70. The van der Waals surface area contributed by atoms with Crippen LogP contribution < -0.4 is 14.8 Å². The molecule has 1 aliphatic rings. The number of amides is 3. The Kier molecular flexibility index (Phi) is 8.89. The van der Waals surface area contributed by atoms with Crippen LogP contribution in [0, 0.1) is 0 Å². The molecule has 3 rings (SSSR count). The maximum Gasteiger partial charge on any atom is 0.318 e. The summed E-state index contributed by atoms with van der Waals surface area (Å²) in [5.41, 5.74) is 1.61. The molecule has 2 heterocycles. The van der Waals surface area contributed by atoms with Crippen LogP contribution in [0.15, 0.2) is 40.8 Å². The quantitative estimate of drug-likeness (QED) is 0.553. The van der Waals surface area contributed by atoms with Crippen molar-refractivity contribution in [1.82, 2.24) is 15.2 Å². The first-order valence-corrected chi connectivity index (χ1v) is 12.0. The van der Waals surface area contributed by atoms with E-state index in [0.717, 1.165) is 16.2 Å². The van der Waals surface area contributed by atoms with E-state index < -0.39 is 6.04 Å². The van der Waals surface area contributed by atoms with E-state index in [1.165, 1.54) is 9.91 Å². The third-order valence-electron chi connectivity index (χ3n) is 5.36. The molecule has 1 atom stereocenters. The summed E-state index contributed by atoms with van der Waals surface area (Å²) in [5.74, 6) is 1.00. The van der Waals surface area contributed by atoms with Gasteiger partial charge in [0.25, 0.3) is 5.91 Å². The van der Waals surface area contributed by atoms with E-state index >= 15 is 0 Å². The standard InChI is InChI=1S/C24H32N4O5S/c1-16(2)25-24(30)27(10-11-31-3)15-23(29)28-20(14-19(26-28)22-7-6-12-34-22)18-13-17(32-4)8-9-21(18)33-5/h6-9,12-13,16,20H,10-11,14-15H2,1-5H3,(H,25,30)/t20-/m1/s1. The van der Waals surface area contributed by atoms with Gasteiger partial charge in [0.15, 0.2) is 0 Å². The predicted molar refractivity (Wildman–Crippen MR) is 132 cm³/mol. The molecule has 3 amide bonds. The van der Waals surface area contributed by atoms with Gasteiger partial charge in [-0.1, -0.05) is 6.07 Å². The van der Waals surface area contributed by atoms with Gasteiger partial charge in [-0.05, 0) is 43.5 Å². The molecule has 0 unspecified atom stereocenters. The van der Waals surface area contributed by atoms with Gasteiger partial charge in [0.05, 0.1) is 37.5 Å². The summed E-state index contributed by atoms with van der Waals surface area (Å²) >= 11 is 1.57. The zero-order valence-corrected chi connectivity index (χ0v) is 21.1. The van der Waals surface area contributed by atoms with Crippen molar-refractivity contribution in [3.63, 3.8) is 0 Å². The van der Waals surface area contributed by atoms with Gasteiger partial charge in [-0.15, -0.1) is 11.3 Å². The Hall–Kier alpha value is -3.11. The second-order valence-electron chi connectivity index (χ2n) is 8.11. The van der Waals surface area contributed by atoms with Gasteiger partial charge in [-0.2, -0.15) is 5.10 Å². The Morgan fingerprint density at radius 2 is 2.03 bits per heavy atom. The lowest BCUT2D eigenvalue weighted by Gasteiger charge is -2.28. The molecule has 1 aromatic heterocycles. The van der Waals surface area contributed by atoms with E-state index in [1.54, 1.807) is 32.7 Å². The Balaban J connectivity index is 1.93. The molecule has 1 aromatic carbocycles. The Morgan fingerprint density at radius 1 is 1.24 bits per heavy atom. The zero-order valence-electron chi connectivity index (χ0n) is 20.2. The number of carbonyl (C=O) groups is 2. The van der Waals surface area contributed by atoms with E-state index in [1.807, 2.05) is 49.6 Å². The van der Waals surface area contributed by atoms with Crippen LogP contribution in [-0.4, -0.2) is 74.6 Å². The predicted octanol–water partition coefficient (Wildman–Crippen LogP) is 3.51. The lowest BCUT2D eigenvalue weighted by Crippen LogP contribution is -2.48. The fourth-order valence-corrected chi connectivity index (χ4v) is 4.42. The summed E-state index contributed by atoms with van der Waals surface area (Å²) in [6.45, 7) is 4.21. The van der Waals surface area contributed by atoms with E-state index in [9.17, 15) is 9.59 Å². The van der Waals surface area contributed by atoms with Crippen LogP contribution >= 0.6 is 11.3 Å². The molecule has 0 spiro atoms. The number of methoxy groups -OCH3 is 3. The van der Waals surface area contributed by atoms with Crippen LogP contribution in [0.2, 0.25) is 0 Å². The molecule has 0 fully saturated rings. The fraction of sp³-hybridized carbons (Fsp3) is 0.458. The highest BCUT2D eigenvalue weighted by atomic mass is 32.1. The number of urea groups is 1. The molecule has 0 aliphatic carbocycles. The van der Waals surface area contributed by atoms with Crippen LogP contribution in [0.3, 0.4) is 0 Å². The largest absolute Gasteiger partial charge is 0.497 e. The summed E-state index contributed by atoms with van der Waals surface area (Å²) in [4.78, 5) is 28.7. The van der Waals surface area contributed by atoms with Crippen LogP contribution in [0.4, 0.5) is 4.79 Å². The molecule has 0 saturated carbocycles. The van der Waals surface area contributed by atoms with Crippen molar-refractivity contribution in [2.24, 2.45) is 5.10 Å². The number of rotatable bonds is 10. The molecular formula is C24H32N4O5S. The molecule has 0 radical (unpaired) electrons. The summed E-state index contributed by atoms with van der Waals surface area (Å²) in [6.07, 6.45) is 0.520. The SMILES string of the molecule is COCCN(CC(=O)N1N=C(c2cccs2)C[C@@H]1c1cc(OC)ccc1OC)C(=O)NC(C)C. The Labute approximate surface area is 204 Å². The molecule has 34 heavy (non-hydrogen) atoms. The van der Waals surface area contributed by atoms with E-state index in [-0.39, 0.29) is 31.1 Å². The van der Waals surface area contributed by atoms with Crippen molar-refractivity contribution in [3.8, 4) is 11.5 Å². The second kappa shape index (κ2) is 11.8. The average molecular weight is 489 g/mol. The number of ether oxygens (including phenoxy) is 3. The molecule has 9 nitrogen and oxygen atoms in total. The van der Waals surface area contributed by atoms with E-state index in [4.69, 9.17) is 19.3 Å². The van der Waals surface area contributed by atoms with Gasteiger partial charge < -0.3 is 24.4 Å². The minimum absolute atomic E-state index is 0.0586. The topological polar surface area (TPSA) is 92.7 Å². The number of nitrogens with one attached hydrogen (secondary N) is 1. The highest BCUT2D eigenvalue weighted by Crippen LogP contribution is 2.39. The summed E-state index contributed by atoms with van der Waals surface area (Å²) in [5, 5.41) is 11.0. The minimum atomic E-state index is -0.396. The van der Waals surface area contributed by atoms with Gasteiger partial charge in [-0.25, -0.2) is 9.80 Å². The first-order valence-electron chi connectivity index (χ1n) is 11.1. The van der Waals surface area contributed by atoms with Crippen LogP contribution in [0.5, 0.6) is 11.5 Å². The molecular weight excluding hydrogens is 456 g/mol.